The van der Waals surface area contributed by atoms with E-state index < -0.39 is 25.4 Å². The highest BCUT2D eigenvalue weighted by molar-refractivity contribution is 7.52. The van der Waals surface area contributed by atoms with Crippen LogP contribution in [0.1, 0.15) is 53.0 Å². The minimum absolute atomic E-state index is 0.0512. The molecule has 1 saturated carbocycles. The van der Waals surface area contributed by atoms with Crippen molar-refractivity contribution in [2.24, 2.45) is 5.92 Å². The highest BCUT2D eigenvalue weighted by Crippen LogP contribution is 2.46. The van der Waals surface area contributed by atoms with Gasteiger partial charge in [-0.3, -0.25) is 9.32 Å². The molecule has 0 bridgehead atoms. The lowest BCUT2D eigenvalue weighted by Gasteiger charge is -2.26. The van der Waals surface area contributed by atoms with Crippen LogP contribution in [0, 0.1) is 5.92 Å². The second-order valence-electron chi connectivity index (χ2n) is 11.2. The van der Waals surface area contributed by atoms with Gasteiger partial charge >= 0.3 is 13.7 Å². The van der Waals surface area contributed by atoms with Gasteiger partial charge in [0.25, 0.3) is 0 Å². The minimum atomic E-state index is -3.96. The van der Waals surface area contributed by atoms with Crippen LogP contribution in [0.5, 0.6) is 5.75 Å². The van der Waals surface area contributed by atoms with Crippen molar-refractivity contribution in [2.75, 3.05) is 17.7 Å². The molecule has 13 heteroatoms. The van der Waals surface area contributed by atoms with E-state index in [1.54, 1.807) is 58.3 Å². The first-order valence-corrected chi connectivity index (χ1v) is 15.0. The van der Waals surface area contributed by atoms with Crippen LogP contribution >= 0.6 is 7.75 Å². The molecule has 1 fully saturated rings. The Morgan fingerprint density at radius 3 is 2.65 bits per heavy atom. The summed E-state index contributed by atoms with van der Waals surface area (Å²) in [6.07, 6.45) is 8.65. The lowest BCUT2D eigenvalue weighted by Crippen LogP contribution is -2.39. The molecule has 0 spiro atoms. The van der Waals surface area contributed by atoms with E-state index in [0.717, 1.165) is 12.8 Å². The fourth-order valence-corrected chi connectivity index (χ4v) is 5.91. The van der Waals surface area contributed by atoms with Gasteiger partial charge in [-0.15, -0.1) is 0 Å². The van der Waals surface area contributed by atoms with Gasteiger partial charge in [0.05, 0.1) is 19.0 Å². The van der Waals surface area contributed by atoms with Crippen molar-refractivity contribution in [3.63, 3.8) is 0 Å². The summed E-state index contributed by atoms with van der Waals surface area (Å²) >= 11 is 0. The van der Waals surface area contributed by atoms with Gasteiger partial charge in [0, 0.05) is 12.0 Å². The molecule has 4 N–H and O–H groups in total. The first-order valence-electron chi connectivity index (χ1n) is 13.4. The van der Waals surface area contributed by atoms with E-state index in [9.17, 15) is 9.36 Å². The van der Waals surface area contributed by atoms with Crippen LogP contribution in [0.15, 0.2) is 48.8 Å². The van der Waals surface area contributed by atoms with Crippen LogP contribution in [0.25, 0.3) is 11.2 Å². The zero-order valence-electron chi connectivity index (χ0n) is 23.1. The van der Waals surface area contributed by atoms with Crippen molar-refractivity contribution >= 4 is 36.6 Å². The third kappa shape index (κ3) is 6.99. The van der Waals surface area contributed by atoms with Crippen LogP contribution in [0.2, 0.25) is 0 Å². The Morgan fingerprint density at radius 1 is 1.20 bits per heavy atom. The van der Waals surface area contributed by atoms with Gasteiger partial charge < -0.3 is 24.9 Å². The van der Waals surface area contributed by atoms with E-state index in [1.807, 2.05) is 22.8 Å². The molecule has 2 aliphatic rings. The SMILES string of the molecule is C[C@@H](NP(=O)(OC[C@@H]1C=C[C@H](n2cnc3c(NC4CC4)nc(N)nc32)C1)Oc1ccccc1)C(=O)OC(C)(C)C. The number of nitrogen functional groups attached to an aromatic ring is 1. The second kappa shape index (κ2) is 11.2. The molecule has 12 nitrogen and oxygen atoms in total. The first-order chi connectivity index (χ1) is 19.0. The molecule has 214 valence electrons. The summed E-state index contributed by atoms with van der Waals surface area (Å²) in [4.78, 5) is 25.9. The maximum atomic E-state index is 13.8. The topological polar surface area (TPSA) is 156 Å². The molecule has 1 aromatic carbocycles. The lowest BCUT2D eigenvalue weighted by atomic mass is 10.1. The predicted octanol–water partition coefficient (Wildman–Crippen LogP) is 4.62. The lowest BCUT2D eigenvalue weighted by molar-refractivity contribution is -0.156. The molecule has 0 saturated heterocycles. The summed E-state index contributed by atoms with van der Waals surface area (Å²) in [7, 11) is -3.96. The van der Waals surface area contributed by atoms with Crippen molar-refractivity contribution in [3.8, 4) is 5.75 Å². The van der Waals surface area contributed by atoms with E-state index in [1.165, 1.54) is 0 Å². The molecule has 0 amide bonds. The number of hydrogen-bond donors (Lipinski definition) is 3. The fourth-order valence-electron chi connectivity index (χ4n) is 4.36. The number of carbonyl (C=O) groups is 1. The van der Waals surface area contributed by atoms with E-state index in [0.29, 0.717) is 35.2 Å². The van der Waals surface area contributed by atoms with Crippen LogP contribution < -0.4 is 20.7 Å². The number of imidazole rings is 1. The average molecular weight is 570 g/mol. The van der Waals surface area contributed by atoms with Gasteiger partial charge in [0.1, 0.15) is 17.4 Å². The van der Waals surface area contributed by atoms with E-state index in [4.69, 9.17) is 19.5 Å². The summed E-state index contributed by atoms with van der Waals surface area (Å²) in [5.41, 5.74) is 6.64. The molecule has 1 unspecified atom stereocenters. The maximum absolute atomic E-state index is 13.8. The molecule has 4 atom stereocenters. The summed E-state index contributed by atoms with van der Waals surface area (Å²) in [5.74, 6) is 0.556. The predicted molar refractivity (Wildman–Crippen MR) is 152 cm³/mol. The number of aromatic nitrogens is 4. The van der Waals surface area contributed by atoms with Crippen molar-refractivity contribution in [2.45, 2.75) is 70.7 Å². The number of nitrogens with two attached hydrogens (primary N) is 1. The third-order valence-electron chi connectivity index (χ3n) is 6.40. The van der Waals surface area contributed by atoms with E-state index in [2.05, 4.69) is 25.4 Å². The molecular weight excluding hydrogens is 533 g/mol. The zero-order chi connectivity index (χ0) is 28.5. The van der Waals surface area contributed by atoms with Crippen molar-refractivity contribution in [1.29, 1.82) is 0 Å². The first kappa shape index (κ1) is 28.1. The number of hydrogen-bond acceptors (Lipinski definition) is 10. The number of para-hydroxylation sites is 1. The average Bonchev–Trinajstić information content (AvgIpc) is 3.39. The molecule has 0 aliphatic heterocycles. The van der Waals surface area contributed by atoms with Gasteiger partial charge in [-0.2, -0.15) is 15.1 Å². The van der Waals surface area contributed by atoms with Crippen molar-refractivity contribution < 1.29 is 23.1 Å². The summed E-state index contributed by atoms with van der Waals surface area (Å²) < 4.78 is 32.9. The Morgan fingerprint density at radius 2 is 1.95 bits per heavy atom. The minimum Gasteiger partial charge on any atom is -0.459 e. The van der Waals surface area contributed by atoms with E-state index in [-0.39, 0.29) is 24.5 Å². The Labute approximate surface area is 233 Å². The number of anilines is 2. The van der Waals surface area contributed by atoms with Crippen LogP contribution in [0.4, 0.5) is 11.8 Å². The largest absolute Gasteiger partial charge is 0.459 e. The Bertz CT molecular complexity index is 1430. The summed E-state index contributed by atoms with van der Waals surface area (Å²) in [6, 6.07) is 8.11. The smallest absolute Gasteiger partial charge is 0.459 e. The van der Waals surface area contributed by atoms with E-state index >= 15 is 0 Å². The Balaban J connectivity index is 1.27. The molecule has 2 heterocycles. The number of rotatable bonds is 11. The number of benzene rings is 1. The number of nitrogens with zero attached hydrogens (tertiary/aromatic N) is 4. The normalized spacial score (nSPS) is 21.2. The highest BCUT2D eigenvalue weighted by atomic mass is 31.2. The number of carbonyl (C=O) groups excluding carboxylic acids is 1. The molecule has 5 rings (SSSR count). The maximum Gasteiger partial charge on any atom is 0.459 e. The van der Waals surface area contributed by atoms with Crippen molar-refractivity contribution in [3.05, 3.63) is 48.8 Å². The quantitative estimate of drug-likeness (QED) is 0.168. The third-order valence-corrected chi connectivity index (χ3v) is 8.05. The number of fused-ring (bicyclic) bond motifs is 1. The van der Waals surface area contributed by atoms with Crippen LogP contribution in [-0.2, 0) is 18.6 Å². The molecule has 3 aromatic rings. The number of nitrogens with one attached hydrogen (secondary N) is 2. The van der Waals surface area contributed by atoms with Gasteiger partial charge in [-0.25, -0.2) is 9.55 Å². The number of ether oxygens (including phenoxy) is 1. The Hall–Kier alpha value is -3.47. The number of allylic oxidation sites excluding steroid dienone is 1. The van der Waals surface area contributed by atoms with Crippen molar-refractivity contribution in [1.82, 2.24) is 24.6 Å². The molecular formula is C27H36N7O5P. The Kier molecular flexibility index (Phi) is 7.85. The van der Waals surface area contributed by atoms with Gasteiger partial charge in [0.2, 0.25) is 5.95 Å². The number of esters is 1. The fraction of sp³-hybridized carbons (Fsp3) is 0.481. The van der Waals surface area contributed by atoms with Crippen LogP contribution in [0.3, 0.4) is 0 Å². The summed E-state index contributed by atoms with van der Waals surface area (Å²) in [5, 5.41) is 6.12. The second-order valence-corrected chi connectivity index (χ2v) is 12.9. The van der Waals surface area contributed by atoms with Gasteiger partial charge in [-0.05, 0) is 59.1 Å². The standard InChI is InChI=1S/C27H36N7O5P/c1-17(25(35)38-27(2,3)4)33-40(36,39-21-8-6-5-7-9-21)37-15-18-10-13-20(14-18)34-16-29-22-23(30-19-11-12-19)31-26(28)32-24(22)34/h5-10,13,16-20H,11-12,14-15H2,1-4H3,(H,33,36)(H3,28,30,31,32)/t17-,18-,20+,40?/m1/s1. The monoisotopic (exact) mass is 569 g/mol. The zero-order valence-corrected chi connectivity index (χ0v) is 24.0. The molecule has 2 aromatic heterocycles. The molecule has 40 heavy (non-hydrogen) atoms. The highest BCUT2D eigenvalue weighted by Gasteiger charge is 2.35. The van der Waals surface area contributed by atoms with Gasteiger partial charge in [0.15, 0.2) is 17.0 Å². The summed E-state index contributed by atoms with van der Waals surface area (Å²) in [6.45, 7) is 6.97. The van der Waals surface area contributed by atoms with Crippen LogP contribution in [-0.4, -0.2) is 49.8 Å². The molecule has 2 aliphatic carbocycles. The van der Waals surface area contributed by atoms with Gasteiger partial charge in [-0.1, -0.05) is 30.4 Å². The molecule has 0 radical (unpaired) electrons.